The molecule has 1 heterocycles. The Labute approximate surface area is 72.6 Å². The number of aryl methyl sites for hydroxylation is 1. The van der Waals surface area contributed by atoms with Crippen LogP contribution in [-0.2, 0) is 0 Å². The number of nitrogens with zero attached hydrogens (tertiary/aromatic N) is 1. The van der Waals surface area contributed by atoms with Gasteiger partial charge in [-0.05, 0) is 35.1 Å². The van der Waals surface area contributed by atoms with Gasteiger partial charge in [0.2, 0.25) is 0 Å². The van der Waals surface area contributed by atoms with Crippen LogP contribution in [0.3, 0.4) is 0 Å². The van der Waals surface area contributed by atoms with Crippen molar-refractivity contribution < 1.29 is 0 Å². The lowest BCUT2D eigenvalue weighted by Crippen LogP contribution is -1.81. The fraction of sp³-hybridized carbons (Fsp3) is 0.167. The van der Waals surface area contributed by atoms with Crippen molar-refractivity contribution in [1.29, 1.82) is 0 Å². The molecule has 1 aromatic rings. The average molecular weight is 253 g/mol. The van der Waals surface area contributed by atoms with Crippen molar-refractivity contribution in [3.8, 4) is 0 Å². The van der Waals surface area contributed by atoms with Gasteiger partial charge in [0.25, 0.3) is 0 Å². The van der Waals surface area contributed by atoms with E-state index in [1.165, 1.54) is 0 Å². The van der Waals surface area contributed by atoms with E-state index in [1.807, 2.05) is 6.92 Å². The highest BCUT2D eigenvalue weighted by Crippen LogP contribution is 2.19. The summed E-state index contributed by atoms with van der Waals surface area (Å²) < 4.78 is 1.01. The monoisotopic (exact) mass is 253 g/mol. The maximum Gasteiger partial charge on any atom is 0.0599 e. The minimum absolute atomic E-state index is 0.811. The zero-order chi connectivity index (χ0) is 6.85. The van der Waals surface area contributed by atoms with E-state index in [1.54, 1.807) is 12.4 Å². The van der Waals surface area contributed by atoms with Crippen molar-refractivity contribution in [2.75, 3.05) is 0 Å². The number of pyridine rings is 1. The Balaban J connectivity index is 3.25. The zero-order valence-electron chi connectivity index (χ0n) is 4.86. The highest BCUT2D eigenvalue weighted by Gasteiger charge is 1.97. The van der Waals surface area contributed by atoms with Crippen LogP contribution < -0.4 is 0 Å². The van der Waals surface area contributed by atoms with Gasteiger partial charge < -0.3 is 0 Å². The molecule has 0 spiro atoms. The third-order valence-corrected chi connectivity index (χ3v) is 2.65. The predicted octanol–water partition coefficient (Wildman–Crippen LogP) is 2.65. The molecule has 9 heavy (non-hydrogen) atoms. The molecule has 1 nitrogen and oxygen atoms in total. The van der Waals surface area contributed by atoms with E-state index in [0.29, 0.717) is 0 Å². The molecule has 0 unspecified atom stereocenters. The van der Waals surface area contributed by atoms with Gasteiger partial charge in [0.15, 0.2) is 0 Å². The molecular weight excluding hydrogens is 248 g/mol. The summed E-state index contributed by atoms with van der Waals surface area (Å²) in [7, 11) is 0. The Bertz CT molecular complexity index is 204. The summed E-state index contributed by atoms with van der Waals surface area (Å²) >= 11 is 7.99. The molecular formula is C6H5ClIN. The fourth-order valence-electron chi connectivity index (χ4n) is 0.516. The second-order valence-electron chi connectivity index (χ2n) is 1.75. The largest absolute Gasteiger partial charge is 0.263 e. The molecule has 1 aromatic heterocycles. The quantitative estimate of drug-likeness (QED) is 0.648. The van der Waals surface area contributed by atoms with Gasteiger partial charge in [0, 0.05) is 12.4 Å². The summed E-state index contributed by atoms with van der Waals surface area (Å²) in [5, 5.41) is 0.811. The minimum atomic E-state index is 0.811. The summed E-state index contributed by atoms with van der Waals surface area (Å²) in [5.41, 5.74) is 1.03. The fourth-order valence-corrected chi connectivity index (χ4v) is 1.20. The Morgan fingerprint density at radius 1 is 1.56 bits per heavy atom. The predicted molar refractivity (Wildman–Crippen MR) is 46.7 cm³/mol. The number of rotatable bonds is 0. The van der Waals surface area contributed by atoms with Crippen LogP contribution in [0.25, 0.3) is 0 Å². The van der Waals surface area contributed by atoms with Gasteiger partial charge >= 0.3 is 0 Å². The van der Waals surface area contributed by atoms with Gasteiger partial charge in [0.1, 0.15) is 0 Å². The third-order valence-electron chi connectivity index (χ3n) is 1.01. The molecule has 0 saturated carbocycles. The molecule has 0 saturated heterocycles. The lowest BCUT2D eigenvalue weighted by Gasteiger charge is -1.96. The Kier molecular flexibility index (Phi) is 2.29. The molecule has 0 aromatic carbocycles. The first-order valence-electron chi connectivity index (χ1n) is 2.47. The summed E-state index contributed by atoms with van der Waals surface area (Å²) in [4.78, 5) is 3.95. The Morgan fingerprint density at radius 2 is 2.22 bits per heavy atom. The second-order valence-corrected chi connectivity index (χ2v) is 3.29. The molecule has 1 rings (SSSR count). The normalized spacial score (nSPS) is 9.67. The van der Waals surface area contributed by atoms with Gasteiger partial charge in [-0.15, -0.1) is 0 Å². The first-order valence-corrected chi connectivity index (χ1v) is 3.93. The molecule has 0 aliphatic heterocycles. The van der Waals surface area contributed by atoms with Crippen LogP contribution in [0.4, 0.5) is 0 Å². The lowest BCUT2D eigenvalue weighted by atomic mass is 10.3. The van der Waals surface area contributed by atoms with Crippen LogP contribution >= 0.6 is 34.2 Å². The van der Waals surface area contributed by atoms with Crippen molar-refractivity contribution in [2.45, 2.75) is 6.92 Å². The van der Waals surface area contributed by atoms with Crippen molar-refractivity contribution in [2.24, 2.45) is 0 Å². The van der Waals surface area contributed by atoms with E-state index < -0.39 is 0 Å². The van der Waals surface area contributed by atoms with Gasteiger partial charge in [-0.25, -0.2) is 0 Å². The molecule has 0 N–H and O–H groups in total. The molecule has 0 aliphatic rings. The number of hydrogen-bond acceptors (Lipinski definition) is 1. The van der Waals surface area contributed by atoms with Crippen LogP contribution in [0, 0.1) is 10.5 Å². The molecule has 3 heteroatoms. The first kappa shape index (κ1) is 7.28. The molecule has 48 valence electrons. The maximum absolute atomic E-state index is 5.83. The second kappa shape index (κ2) is 2.84. The van der Waals surface area contributed by atoms with Crippen molar-refractivity contribution >= 4 is 34.2 Å². The van der Waals surface area contributed by atoms with Gasteiger partial charge in [0.05, 0.1) is 8.59 Å². The Hall–Kier alpha value is 0.170. The van der Waals surface area contributed by atoms with E-state index in [0.717, 1.165) is 14.2 Å². The third kappa shape index (κ3) is 1.55. The van der Waals surface area contributed by atoms with Crippen LogP contribution in [0.2, 0.25) is 5.02 Å². The van der Waals surface area contributed by atoms with Crippen LogP contribution in [0.15, 0.2) is 12.4 Å². The molecule has 0 fully saturated rings. The molecule has 0 radical (unpaired) electrons. The van der Waals surface area contributed by atoms with Crippen LogP contribution in [0.1, 0.15) is 5.56 Å². The van der Waals surface area contributed by atoms with Crippen LogP contribution in [-0.4, -0.2) is 4.98 Å². The minimum Gasteiger partial charge on any atom is -0.263 e. The number of aromatic nitrogens is 1. The van der Waals surface area contributed by atoms with Crippen LogP contribution in [0.5, 0.6) is 0 Å². The summed E-state index contributed by atoms with van der Waals surface area (Å²) in [6, 6.07) is 0. The van der Waals surface area contributed by atoms with E-state index in [4.69, 9.17) is 11.6 Å². The van der Waals surface area contributed by atoms with E-state index in [9.17, 15) is 0 Å². The molecule has 0 aliphatic carbocycles. The highest BCUT2D eigenvalue weighted by atomic mass is 127. The molecule has 0 amide bonds. The van der Waals surface area contributed by atoms with E-state index in [-0.39, 0.29) is 0 Å². The molecule has 0 bridgehead atoms. The van der Waals surface area contributed by atoms with Gasteiger partial charge in [-0.3, -0.25) is 4.98 Å². The van der Waals surface area contributed by atoms with Crippen molar-refractivity contribution in [1.82, 2.24) is 4.98 Å². The van der Waals surface area contributed by atoms with Crippen molar-refractivity contribution in [3.05, 3.63) is 26.5 Å². The van der Waals surface area contributed by atoms with Crippen molar-refractivity contribution in [3.63, 3.8) is 0 Å². The van der Waals surface area contributed by atoms with E-state index >= 15 is 0 Å². The average Bonchev–Trinajstić information content (AvgIpc) is 1.83. The van der Waals surface area contributed by atoms with E-state index in [2.05, 4.69) is 27.6 Å². The highest BCUT2D eigenvalue weighted by molar-refractivity contribution is 14.1. The zero-order valence-corrected chi connectivity index (χ0v) is 7.77. The first-order chi connectivity index (χ1) is 4.22. The topological polar surface area (TPSA) is 12.9 Å². The summed E-state index contributed by atoms with van der Waals surface area (Å²) in [5.74, 6) is 0. The SMILES string of the molecule is Cc1cncc(I)c1Cl. The standard InChI is InChI=1S/C6H5ClIN/c1-4-2-9-3-5(8)6(4)7/h2-3H,1H3. The smallest absolute Gasteiger partial charge is 0.0599 e. The molecule has 0 atom stereocenters. The lowest BCUT2D eigenvalue weighted by molar-refractivity contribution is 1.25. The number of hydrogen-bond donors (Lipinski definition) is 0. The van der Waals surface area contributed by atoms with Gasteiger partial charge in [-0.1, -0.05) is 11.6 Å². The number of halogens is 2. The maximum atomic E-state index is 5.83. The summed E-state index contributed by atoms with van der Waals surface area (Å²) in [6.45, 7) is 1.94. The van der Waals surface area contributed by atoms with Gasteiger partial charge in [-0.2, -0.15) is 0 Å². The Morgan fingerprint density at radius 3 is 2.67 bits per heavy atom. The summed E-state index contributed by atoms with van der Waals surface area (Å²) in [6.07, 6.45) is 3.50.